The van der Waals surface area contributed by atoms with Crippen molar-refractivity contribution in [3.63, 3.8) is 0 Å². The second-order valence-electron chi connectivity index (χ2n) is 6.30. The van der Waals surface area contributed by atoms with Crippen molar-refractivity contribution in [1.29, 1.82) is 0 Å². The van der Waals surface area contributed by atoms with Crippen LogP contribution in [0.1, 0.15) is 37.4 Å². The summed E-state index contributed by atoms with van der Waals surface area (Å²) in [7, 11) is 0. The van der Waals surface area contributed by atoms with Crippen LogP contribution < -0.4 is 10.6 Å². The van der Waals surface area contributed by atoms with Gasteiger partial charge < -0.3 is 10.6 Å². The van der Waals surface area contributed by atoms with Gasteiger partial charge in [-0.05, 0) is 37.6 Å². The highest BCUT2D eigenvalue weighted by Crippen LogP contribution is 2.49. The van der Waals surface area contributed by atoms with Crippen LogP contribution in [0.25, 0.3) is 0 Å². The van der Waals surface area contributed by atoms with E-state index in [-0.39, 0.29) is 0 Å². The van der Waals surface area contributed by atoms with Gasteiger partial charge in [-0.15, -0.1) is 11.3 Å². The molecule has 1 aromatic rings. The van der Waals surface area contributed by atoms with Crippen molar-refractivity contribution in [3.8, 4) is 0 Å². The first kappa shape index (κ1) is 12.6. The van der Waals surface area contributed by atoms with Gasteiger partial charge in [0.1, 0.15) is 5.01 Å². The highest BCUT2D eigenvalue weighted by molar-refractivity contribution is 7.09. The van der Waals surface area contributed by atoms with Gasteiger partial charge in [0.2, 0.25) is 0 Å². The van der Waals surface area contributed by atoms with Crippen molar-refractivity contribution in [1.82, 2.24) is 15.6 Å². The highest BCUT2D eigenvalue weighted by Gasteiger charge is 2.56. The number of aromatic nitrogens is 1. The molecule has 0 spiro atoms. The molecule has 2 fully saturated rings. The average Bonchev–Trinajstić information content (AvgIpc) is 2.75. The van der Waals surface area contributed by atoms with Crippen LogP contribution in [0, 0.1) is 18.3 Å². The first-order valence-corrected chi connectivity index (χ1v) is 7.85. The van der Waals surface area contributed by atoms with E-state index >= 15 is 0 Å². The van der Waals surface area contributed by atoms with Crippen LogP contribution in [0.15, 0.2) is 5.38 Å². The molecule has 100 valence electrons. The third kappa shape index (κ3) is 2.00. The first-order valence-electron chi connectivity index (χ1n) is 6.97. The van der Waals surface area contributed by atoms with Gasteiger partial charge in [0, 0.05) is 29.7 Å². The summed E-state index contributed by atoms with van der Waals surface area (Å²) >= 11 is 1.77. The summed E-state index contributed by atoms with van der Waals surface area (Å²) in [5.41, 5.74) is 1.51. The molecule has 0 aromatic carbocycles. The van der Waals surface area contributed by atoms with Crippen LogP contribution in [0.4, 0.5) is 0 Å². The summed E-state index contributed by atoms with van der Waals surface area (Å²) in [6, 6.07) is 1.35. The lowest BCUT2D eigenvalue weighted by Gasteiger charge is -2.61. The second kappa shape index (κ2) is 4.58. The molecule has 3 unspecified atom stereocenters. The minimum atomic E-state index is 0.372. The van der Waals surface area contributed by atoms with Crippen molar-refractivity contribution in [2.24, 2.45) is 11.3 Å². The second-order valence-corrected chi connectivity index (χ2v) is 7.24. The maximum Gasteiger partial charge on any atom is 0.107 e. The molecule has 1 aliphatic carbocycles. The third-order valence-corrected chi connectivity index (χ3v) is 5.64. The van der Waals surface area contributed by atoms with Crippen LogP contribution in [0.3, 0.4) is 0 Å². The lowest BCUT2D eigenvalue weighted by Crippen LogP contribution is -2.73. The monoisotopic (exact) mass is 265 g/mol. The van der Waals surface area contributed by atoms with Gasteiger partial charge in [-0.1, -0.05) is 13.8 Å². The summed E-state index contributed by atoms with van der Waals surface area (Å²) in [5.74, 6) is 0.815. The standard InChI is InChI=1S/C14H23N3S/c1-9-8-18-11(17-9)7-16-13-10-5-4-6-15-12(10)14(13,2)3/h8,10,12-13,15-16H,4-7H2,1-3H3. The zero-order chi connectivity index (χ0) is 12.8. The first-order chi connectivity index (χ1) is 8.59. The van der Waals surface area contributed by atoms with Crippen LogP contribution in [0.2, 0.25) is 0 Å². The molecule has 3 atom stereocenters. The van der Waals surface area contributed by atoms with E-state index in [1.54, 1.807) is 11.3 Å². The molecule has 3 rings (SSSR count). The van der Waals surface area contributed by atoms with Gasteiger partial charge in [0.25, 0.3) is 0 Å². The molecular formula is C14H23N3S. The van der Waals surface area contributed by atoms with Crippen LogP contribution >= 0.6 is 11.3 Å². The highest BCUT2D eigenvalue weighted by atomic mass is 32.1. The Bertz CT molecular complexity index is 426. The largest absolute Gasteiger partial charge is 0.313 e. The van der Waals surface area contributed by atoms with Gasteiger partial charge in [-0.2, -0.15) is 0 Å². The Hall–Kier alpha value is -0.450. The molecule has 1 saturated carbocycles. The predicted molar refractivity (Wildman–Crippen MR) is 75.8 cm³/mol. The summed E-state index contributed by atoms with van der Waals surface area (Å²) in [6.45, 7) is 8.96. The van der Waals surface area contributed by atoms with E-state index in [1.807, 2.05) is 0 Å². The number of nitrogens with one attached hydrogen (secondary N) is 2. The number of rotatable bonds is 3. The van der Waals surface area contributed by atoms with Crippen molar-refractivity contribution in [3.05, 3.63) is 16.1 Å². The topological polar surface area (TPSA) is 37.0 Å². The van der Waals surface area contributed by atoms with Gasteiger partial charge in [0.05, 0.1) is 0 Å². The lowest BCUT2D eigenvalue weighted by atomic mass is 9.53. The minimum Gasteiger partial charge on any atom is -0.313 e. The predicted octanol–water partition coefficient (Wildman–Crippen LogP) is 2.32. The van der Waals surface area contributed by atoms with E-state index in [9.17, 15) is 0 Å². The molecule has 0 bridgehead atoms. The van der Waals surface area contributed by atoms with Crippen molar-refractivity contribution in [2.75, 3.05) is 6.54 Å². The molecule has 0 radical (unpaired) electrons. The molecule has 2 N–H and O–H groups in total. The molecule has 2 aliphatic rings. The van der Waals surface area contributed by atoms with Gasteiger partial charge in [0.15, 0.2) is 0 Å². The quantitative estimate of drug-likeness (QED) is 0.880. The Morgan fingerprint density at radius 3 is 3.11 bits per heavy atom. The molecule has 3 nitrogen and oxygen atoms in total. The number of piperidine rings is 1. The molecule has 1 aliphatic heterocycles. The molecule has 18 heavy (non-hydrogen) atoms. The van der Waals surface area contributed by atoms with Crippen molar-refractivity contribution >= 4 is 11.3 Å². The third-order valence-electron chi connectivity index (χ3n) is 4.68. The zero-order valence-corrected chi connectivity index (χ0v) is 12.3. The summed E-state index contributed by atoms with van der Waals surface area (Å²) < 4.78 is 0. The Morgan fingerprint density at radius 1 is 1.56 bits per heavy atom. The number of aryl methyl sites for hydroxylation is 1. The molecular weight excluding hydrogens is 242 g/mol. The lowest BCUT2D eigenvalue weighted by molar-refractivity contribution is -0.0479. The summed E-state index contributed by atoms with van der Waals surface area (Å²) in [4.78, 5) is 4.53. The zero-order valence-electron chi connectivity index (χ0n) is 11.5. The summed E-state index contributed by atoms with van der Waals surface area (Å²) in [5, 5.41) is 10.8. The molecule has 2 heterocycles. The SMILES string of the molecule is Cc1csc(CNC2C3CCCNC3C2(C)C)n1. The molecule has 0 amide bonds. The minimum absolute atomic E-state index is 0.372. The van der Waals surface area contributed by atoms with E-state index in [1.165, 1.54) is 24.4 Å². The fraction of sp³-hybridized carbons (Fsp3) is 0.786. The Labute approximate surface area is 113 Å². The smallest absolute Gasteiger partial charge is 0.107 e. The fourth-order valence-corrected chi connectivity index (χ4v) is 4.53. The van der Waals surface area contributed by atoms with Crippen LogP contribution in [-0.2, 0) is 6.54 Å². The molecule has 1 aromatic heterocycles. The Kier molecular flexibility index (Phi) is 3.20. The number of nitrogens with zero attached hydrogens (tertiary/aromatic N) is 1. The average molecular weight is 265 g/mol. The maximum atomic E-state index is 4.53. The fourth-order valence-electron chi connectivity index (χ4n) is 3.81. The van der Waals surface area contributed by atoms with Crippen molar-refractivity contribution in [2.45, 2.75) is 52.2 Å². The molecule has 4 heteroatoms. The van der Waals surface area contributed by atoms with Crippen molar-refractivity contribution < 1.29 is 0 Å². The maximum absolute atomic E-state index is 4.53. The van der Waals surface area contributed by atoms with Crippen LogP contribution in [-0.4, -0.2) is 23.6 Å². The Balaban J connectivity index is 1.62. The normalized spacial score (nSPS) is 33.8. The van der Waals surface area contributed by atoms with E-state index in [0.717, 1.165) is 18.2 Å². The van der Waals surface area contributed by atoms with E-state index in [0.29, 0.717) is 17.5 Å². The van der Waals surface area contributed by atoms with Gasteiger partial charge >= 0.3 is 0 Å². The number of fused-ring (bicyclic) bond motifs is 1. The number of hydrogen-bond donors (Lipinski definition) is 2. The van der Waals surface area contributed by atoms with Gasteiger partial charge in [-0.3, -0.25) is 0 Å². The van der Waals surface area contributed by atoms with Gasteiger partial charge in [-0.25, -0.2) is 4.98 Å². The van der Waals surface area contributed by atoms with E-state index < -0.39 is 0 Å². The molecule has 1 saturated heterocycles. The Morgan fingerprint density at radius 2 is 2.39 bits per heavy atom. The van der Waals surface area contributed by atoms with E-state index in [4.69, 9.17) is 0 Å². The number of hydrogen-bond acceptors (Lipinski definition) is 4. The summed E-state index contributed by atoms with van der Waals surface area (Å²) in [6.07, 6.45) is 2.70. The number of thiazole rings is 1. The van der Waals surface area contributed by atoms with Crippen LogP contribution in [0.5, 0.6) is 0 Å². The van der Waals surface area contributed by atoms with E-state index in [2.05, 4.69) is 41.8 Å².